The van der Waals surface area contributed by atoms with Gasteiger partial charge in [0.2, 0.25) is 0 Å². The molecular weight excluding hydrogens is 285 g/mol. The molecule has 0 N–H and O–H groups in total. The summed E-state index contributed by atoms with van der Waals surface area (Å²) < 4.78 is 34.9. The first-order valence-electron chi connectivity index (χ1n) is 5.84. The van der Waals surface area contributed by atoms with Gasteiger partial charge < -0.3 is 4.55 Å². The van der Waals surface area contributed by atoms with Crippen molar-refractivity contribution in [2.24, 2.45) is 0 Å². The predicted molar refractivity (Wildman–Crippen MR) is 71.8 cm³/mol. The summed E-state index contributed by atoms with van der Waals surface area (Å²) in [5.74, 6) is 0. The Hall–Kier alpha value is -0.690. The van der Waals surface area contributed by atoms with E-state index in [0.717, 1.165) is 15.4 Å². The summed E-state index contributed by atoms with van der Waals surface area (Å²) in [5, 5.41) is 0. The number of hydrogen-bond donors (Lipinski definition) is 0. The Bertz CT molecular complexity index is 576. The number of benzene rings is 2. The zero-order chi connectivity index (χ0) is 13.7. The topological polar surface area (TPSA) is 60.4 Å². The number of nitrogens with zero attached hydrogens (tertiary/aromatic N) is 1. The predicted octanol–water partition coefficient (Wildman–Crippen LogP) is -0.847. The summed E-state index contributed by atoms with van der Waals surface area (Å²) >= 11 is 0. The molecule has 2 aromatic carbocycles. The third kappa shape index (κ3) is 5.36. The van der Waals surface area contributed by atoms with Gasteiger partial charge in [-0.1, -0.05) is 60.7 Å². The molecule has 2 aromatic rings. The molecule has 20 heavy (non-hydrogen) atoms. The molecule has 0 spiro atoms. The minimum atomic E-state index is -4.48. The minimum absolute atomic E-state index is 0. The van der Waals surface area contributed by atoms with E-state index in [9.17, 15) is 13.0 Å². The SMILES string of the molecule is O=S(=O)([O-])N(Cc1ccccc1)Cc1ccccc1.[Na+]. The van der Waals surface area contributed by atoms with Crippen molar-refractivity contribution in [3.05, 3.63) is 71.8 Å². The molecule has 0 bridgehead atoms. The largest absolute Gasteiger partial charge is 1.00 e. The fourth-order valence-corrected chi connectivity index (χ4v) is 2.40. The van der Waals surface area contributed by atoms with E-state index >= 15 is 0 Å². The van der Waals surface area contributed by atoms with E-state index in [-0.39, 0.29) is 42.6 Å². The first-order valence-corrected chi connectivity index (χ1v) is 7.21. The van der Waals surface area contributed by atoms with Gasteiger partial charge in [-0.05, 0) is 11.1 Å². The smallest absolute Gasteiger partial charge is 0.735 e. The van der Waals surface area contributed by atoms with Crippen LogP contribution in [0.15, 0.2) is 60.7 Å². The maximum Gasteiger partial charge on any atom is 1.00 e. The Morgan fingerprint density at radius 1 is 0.800 bits per heavy atom. The normalized spacial score (nSPS) is 11.1. The maximum atomic E-state index is 11.3. The zero-order valence-electron chi connectivity index (χ0n) is 11.3. The molecule has 0 unspecified atom stereocenters. The van der Waals surface area contributed by atoms with Crippen LogP contribution in [0, 0.1) is 0 Å². The van der Waals surface area contributed by atoms with Gasteiger partial charge >= 0.3 is 29.6 Å². The van der Waals surface area contributed by atoms with Crippen molar-refractivity contribution in [2.45, 2.75) is 13.1 Å². The minimum Gasteiger partial charge on any atom is -0.735 e. The van der Waals surface area contributed by atoms with E-state index < -0.39 is 10.3 Å². The molecule has 0 aliphatic carbocycles. The molecule has 0 heterocycles. The fraction of sp³-hybridized carbons (Fsp3) is 0.143. The molecule has 0 aliphatic rings. The second-order valence-electron chi connectivity index (χ2n) is 4.20. The van der Waals surface area contributed by atoms with E-state index in [0.29, 0.717) is 0 Å². The van der Waals surface area contributed by atoms with E-state index in [1.165, 1.54) is 0 Å². The Morgan fingerprint density at radius 3 is 1.45 bits per heavy atom. The quantitative estimate of drug-likeness (QED) is 0.534. The molecular formula is C14H14NNaO3S. The summed E-state index contributed by atoms with van der Waals surface area (Å²) in [6.07, 6.45) is 0. The molecule has 2 rings (SSSR count). The third-order valence-corrected chi connectivity index (χ3v) is 3.61. The Labute approximate surface area is 141 Å². The van der Waals surface area contributed by atoms with Crippen molar-refractivity contribution in [2.75, 3.05) is 0 Å². The molecule has 6 heteroatoms. The molecule has 0 radical (unpaired) electrons. The Balaban J connectivity index is 0.00000200. The number of rotatable bonds is 5. The van der Waals surface area contributed by atoms with Gasteiger partial charge in [0.05, 0.1) is 0 Å². The van der Waals surface area contributed by atoms with Crippen LogP contribution in [0.2, 0.25) is 0 Å². The van der Waals surface area contributed by atoms with Crippen LogP contribution in [-0.2, 0) is 23.4 Å². The van der Waals surface area contributed by atoms with Crippen molar-refractivity contribution in [1.82, 2.24) is 4.31 Å². The van der Waals surface area contributed by atoms with Crippen LogP contribution in [0.1, 0.15) is 11.1 Å². The summed E-state index contributed by atoms with van der Waals surface area (Å²) in [6.45, 7) is 0.170. The summed E-state index contributed by atoms with van der Waals surface area (Å²) in [5.41, 5.74) is 1.58. The molecule has 0 atom stereocenters. The second kappa shape index (κ2) is 7.93. The van der Waals surface area contributed by atoms with E-state index in [1.54, 1.807) is 24.3 Å². The van der Waals surface area contributed by atoms with Gasteiger partial charge in [0.1, 0.15) is 0 Å². The monoisotopic (exact) mass is 299 g/mol. The Kier molecular flexibility index (Phi) is 6.88. The second-order valence-corrected chi connectivity index (χ2v) is 5.57. The van der Waals surface area contributed by atoms with Gasteiger partial charge in [0.15, 0.2) is 10.3 Å². The summed E-state index contributed by atoms with van der Waals surface area (Å²) in [4.78, 5) is 0. The molecule has 0 saturated heterocycles. The van der Waals surface area contributed by atoms with Crippen molar-refractivity contribution in [3.8, 4) is 0 Å². The summed E-state index contributed by atoms with van der Waals surface area (Å²) in [6, 6.07) is 18.1. The molecule has 0 aliphatic heterocycles. The van der Waals surface area contributed by atoms with Crippen LogP contribution < -0.4 is 29.6 Å². The molecule has 100 valence electrons. The van der Waals surface area contributed by atoms with Gasteiger partial charge in [-0.2, -0.15) is 0 Å². The summed E-state index contributed by atoms with van der Waals surface area (Å²) in [7, 11) is -4.48. The van der Waals surface area contributed by atoms with Crippen LogP contribution in [0.5, 0.6) is 0 Å². The molecule has 0 amide bonds. The molecule has 4 nitrogen and oxygen atoms in total. The van der Waals surface area contributed by atoms with E-state index in [4.69, 9.17) is 0 Å². The number of hydrogen-bond acceptors (Lipinski definition) is 3. The molecule has 0 saturated carbocycles. The van der Waals surface area contributed by atoms with Crippen molar-refractivity contribution in [1.29, 1.82) is 0 Å². The average molecular weight is 299 g/mol. The van der Waals surface area contributed by atoms with Gasteiger partial charge in [0.25, 0.3) is 0 Å². The maximum absolute atomic E-state index is 11.3. The van der Waals surface area contributed by atoms with E-state index in [1.807, 2.05) is 36.4 Å². The third-order valence-electron chi connectivity index (χ3n) is 2.72. The van der Waals surface area contributed by atoms with Crippen LogP contribution >= 0.6 is 0 Å². The van der Waals surface area contributed by atoms with Gasteiger partial charge in [0, 0.05) is 13.1 Å². The van der Waals surface area contributed by atoms with Crippen LogP contribution in [0.4, 0.5) is 0 Å². The van der Waals surface area contributed by atoms with Crippen molar-refractivity contribution < 1.29 is 42.5 Å². The van der Waals surface area contributed by atoms with Gasteiger partial charge in [-0.15, -0.1) is 0 Å². The average Bonchev–Trinajstić information content (AvgIpc) is 2.39. The van der Waals surface area contributed by atoms with Crippen LogP contribution in [-0.4, -0.2) is 17.3 Å². The van der Waals surface area contributed by atoms with Gasteiger partial charge in [-0.3, -0.25) is 0 Å². The first kappa shape index (κ1) is 17.4. The Morgan fingerprint density at radius 2 is 1.15 bits per heavy atom. The first-order chi connectivity index (χ1) is 9.05. The molecule has 0 aromatic heterocycles. The zero-order valence-corrected chi connectivity index (χ0v) is 14.1. The van der Waals surface area contributed by atoms with Crippen LogP contribution in [0.3, 0.4) is 0 Å². The van der Waals surface area contributed by atoms with Crippen molar-refractivity contribution >= 4 is 10.3 Å². The standard InChI is InChI=1S/C14H15NO3S.Na/c16-19(17,18)15(11-13-7-3-1-4-8-13)12-14-9-5-2-6-10-14;/h1-10H,11-12H2,(H,16,17,18);/q;+1/p-1. The van der Waals surface area contributed by atoms with E-state index in [2.05, 4.69) is 0 Å². The van der Waals surface area contributed by atoms with Crippen LogP contribution in [0.25, 0.3) is 0 Å². The van der Waals surface area contributed by atoms with Crippen molar-refractivity contribution in [3.63, 3.8) is 0 Å². The fourth-order valence-electron chi connectivity index (χ4n) is 1.79. The molecule has 0 fully saturated rings. The van der Waals surface area contributed by atoms with Gasteiger partial charge in [-0.25, -0.2) is 12.7 Å².